The van der Waals surface area contributed by atoms with Crippen molar-refractivity contribution in [3.05, 3.63) is 11.9 Å². The Morgan fingerprint density at radius 1 is 1.40 bits per heavy atom. The van der Waals surface area contributed by atoms with E-state index in [1.807, 2.05) is 5.43 Å². The molecule has 1 heterocycles. The van der Waals surface area contributed by atoms with Crippen molar-refractivity contribution in [3.63, 3.8) is 0 Å². The number of halogens is 3. The van der Waals surface area contributed by atoms with Gasteiger partial charge in [-0.1, -0.05) is 0 Å². The van der Waals surface area contributed by atoms with Gasteiger partial charge < -0.3 is 20.6 Å². The number of rotatable bonds is 7. The molecule has 0 aliphatic carbocycles. The van der Waals surface area contributed by atoms with Gasteiger partial charge >= 0.3 is 6.18 Å². The third kappa shape index (κ3) is 5.15. The molecular formula is C10H16F3N5O2. The highest BCUT2D eigenvalue weighted by molar-refractivity contribution is 5.47. The minimum Gasteiger partial charge on any atom is -0.391 e. The third-order valence-electron chi connectivity index (χ3n) is 2.27. The van der Waals surface area contributed by atoms with Crippen molar-refractivity contribution in [2.45, 2.75) is 18.7 Å². The maximum absolute atomic E-state index is 12.6. The Labute approximate surface area is 113 Å². The van der Waals surface area contributed by atoms with Gasteiger partial charge in [0.2, 0.25) is 5.82 Å². The largest absolute Gasteiger partial charge is 0.451 e. The first-order valence-corrected chi connectivity index (χ1v) is 5.70. The Bertz CT molecular complexity index is 430. The molecule has 0 aliphatic heterocycles. The number of hydrogen-bond donors (Lipinski definition) is 4. The van der Waals surface area contributed by atoms with Gasteiger partial charge in [-0.3, -0.25) is 0 Å². The molecule has 0 amide bonds. The fraction of sp³-hybridized carbons (Fsp3) is 0.600. The van der Waals surface area contributed by atoms with Crippen LogP contribution in [0.1, 0.15) is 12.2 Å². The molecule has 0 bridgehead atoms. The summed E-state index contributed by atoms with van der Waals surface area (Å²) in [5.41, 5.74) is 2.04. The number of aliphatic hydroxyl groups is 1. The second kappa shape index (κ2) is 7.22. The van der Waals surface area contributed by atoms with Crippen LogP contribution in [0.3, 0.4) is 0 Å². The molecule has 1 aromatic rings. The second-order valence-electron chi connectivity index (χ2n) is 3.93. The SMILES string of the molecule is COCC(O)CCNc1cc(NN)nc(C(F)(F)F)n1. The van der Waals surface area contributed by atoms with Crippen molar-refractivity contribution in [3.8, 4) is 0 Å². The number of aliphatic hydroxyl groups excluding tert-OH is 1. The molecule has 0 fully saturated rings. The van der Waals surface area contributed by atoms with Gasteiger partial charge in [-0.15, -0.1) is 0 Å². The Morgan fingerprint density at radius 3 is 2.60 bits per heavy atom. The zero-order valence-corrected chi connectivity index (χ0v) is 10.7. The summed E-state index contributed by atoms with van der Waals surface area (Å²) < 4.78 is 42.4. The van der Waals surface area contributed by atoms with Crippen molar-refractivity contribution in [2.24, 2.45) is 5.84 Å². The topological polar surface area (TPSA) is 105 Å². The number of methoxy groups -OCH3 is 1. The number of nitrogens with two attached hydrogens (primary N) is 1. The lowest BCUT2D eigenvalue weighted by molar-refractivity contribution is -0.144. The average molecular weight is 295 g/mol. The quantitative estimate of drug-likeness (QED) is 0.431. The van der Waals surface area contributed by atoms with E-state index in [0.29, 0.717) is 6.42 Å². The van der Waals surface area contributed by atoms with Crippen LogP contribution in [0.2, 0.25) is 0 Å². The van der Waals surface area contributed by atoms with Gasteiger partial charge in [0.05, 0.1) is 12.7 Å². The first-order valence-electron chi connectivity index (χ1n) is 5.70. The van der Waals surface area contributed by atoms with Gasteiger partial charge in [-0.25, -0.2) is 15.8 Å². The van der Waals surface area contributed by atoms with Crippen LogP contribution < -0.4 is 16.6 Å². The van der Waals surface area contributed by atoms with Gasteiger partial charge in [0.1, 0.15) is 11.6 Å². The highest BCUT2D eigenvalue weighted by Gasteiger charge is 2.35. The summed E-state index contributed by atoms with van der Waals surface area (Å²) in [5, 5.41) is 12.1. The van der Waals surface area contributed by atoms with Crippen LogP contribution in [0.25, 0.3) is 0 Å². The number of anilines is 2. The molecule has 20 heavy (non-hydrogen) atoms. The van der Waals surface area contributed by atoms with Crippen LogP contribution in [0.15, 0.2) is 6.07 Å². The van der Waals surface area contributed by atoms with Crippen molar-refractivity contribution < 1.29 is 23.0 Å². The molecule has 1 aromatic heterocycles. The van der Waals surface area contributed by atoms with Crippen molar-refractivity contribution in [1.29, 1.82) is 0 Å². The molecule has 5 N–H and O–H groups in total. The van der Waals surface area contributed by atoms with Gasteiger partial charge in [0.15, 0.2) is 0 Å². The maximum atomic E-state index is 12.6. The number of ether oxygens (including phenoxy) is 1. The number of nitrogens with one attached hydrogen (secondary N) is 2. The number of aromatic nitrogens is 2. The lowest BCUT2D eigenvalue weighted by atomic mass is 10.2. The van der Waals surface area contributed by atoms with Crippen molar-refractivity contribution in [1.82, 2.24) is 9.97 Å². The molecule has 114 valence electrons. The van der Waals surface area contributed by atoms with Crippen LogP contribution in [-0.4, -0.2) is 41.4 Å². The predicted molar refractivity (Wildman–Crippen MR) is 65.8 cm³/mol. The molecule has 1 atom stereocenters. The maximum Gasteiger partial charge on any atom is 0.451 e. The van der Waals surface area contributed by atoms with E-state index < -0.39 is 18.1 Å². The third-order valence-corrected chi connectivity index (χ3v) is 2.27. The fourth-order valence-electron chi connectivity index (χ4n) is 1.38. The van der Waals surface area contributed by atoms with Crippen molar-refractivity contribution in [2.75, 3.05) is 31.0 Å². The Hall–Kier alpha value is -1.65. The molecule has 0 saturated heterocycles. The smallest absolute Gasteiger partial charge is 0.391 e. The Balaban J connectivity index is 2.70. The first kappa shape index (κ1) is 16.4. The van der Waals surface area contributed by atoms with E-state index in [4.69, 9.17) is 10.6 Å². The number of nitrogen functional groups attached to an aromatic ring is 1. The minimum atomic E-state index is -4.67. The Kier molecular flexibility index (Phi) is 5.92. The molecule has 0 saturated carbocycles. The normalized spacial score (nSPS) is 13.1. The second-order valence-corrected chi connectivity index (χ2v) is 3.93. The van der Waals surface area contributed by atoms with Crippen molar-refractivity contribution >= 4 is 11.6 Å². The zero-order valence-electron chi connectivity index (χ0n) is 10.7. The van der Waals surface area contributed by atoms with Gasteiger partial charge in [-0.05, 0) is 6.42 Å². The molecule has 10 heteroatoms. The molecule has 7 nitrogen and oxygen atoms in total. The van der Waals surface area contributed by atoms with Gasteiger partial charge in [0, 0.05) is 19.7 Å². The molecule has 0 aromatic carbocycles. The molecule has 1 unspecified atom stereocenters. The fourth-order valence-corrected chi connectivity index (χ4v) is 1.38. The molecule has 0 radical (unpaired) electrons. The lowest BCUT2D eigenvalue weighted by Gasteiger charge is -2.13. The predicted octanol–water partition coefficient (Wildman–Crippen LogP) is 0.590. The average Bonchev–Trinajstić information content (AvgIpc) is 2.37. The van der Waals surface area contributed by atoms with Gasteiger partial charge in [-0.2, -0.15) is 13.2 Å². The van der Waals surface area contributed by atoms with Gasteiger partial charge in [0.25, 0.3) is 0 Å². The van der Waals surface area contributed by atoms with E-state index >= 15 is 0 Å². The monoisotopic (exact) mass is 295 g/mol. The highest BCUT2D eigenvalue weighted by Crippen LogP contribution is 2.28. The molecule has 1 rings (SSSR count). The number of alkyl halides is 3. The summed E-state index contributed by atoms with van der Waals surface area (Å²) in [6, 6.07) is 1.23. The van der Waals surface area contributed by atoms with Crippen LogP contribution in [0.5, 0.6) is 0 Å². The lowest BCUT2D eigenvalue weighted by Crippen LogP contribution is -2.20. The van der Waals surface area contributed by atoms with Crippen LogP contribution in [-0.2, 0) is 10.9 Å². The van der Waals surface area contributed by atoms with Crippen LogP contribution in [0.4, 0.5) is 24.8 Å². The minimum absolute atomic E-state index is 0.0371. The van der Waals surface area contributed by atoms with E-state index in [1.165, 1.54) is 13.2 Å². The van der Waals surface area contributed by atoms with E-state index in [0.717, 1.165) is 0 Å². The van der Waals surface area contributed by atoms with E-state index in [9.17, 15) is 18.3 Å². The molecule has 0 aliphatic rings. The number of hydrazine groups is 1. The number of nitrogens with zero attached hydrogens (tertiary/aromatic N) is 2. The standard InChI is InChI=1S/C10H16F3N5O2/c1-20-5-6(19)2-3-15-7-4-8(18-14)17-9(16-7)10(11,12)13/h4,6,19H,2-3,5,14H2,1H3,(H2,15,16,17,18). The van der Waals surface area contributed by atoms with E-state index in [2.05, 4.69) is 15.3 Å². The summed E-state index contributed by atoms with van der Waals surface area (Å²) in [5.74, 6) is 3.56. The van der Waals surface area contributed by atoms with Crippen LogP contribution >= 0.6 is 0 Å². The summed E-state index contributed by atoms with van der Waals surface area (Å²) >= 11 is 0. The highest BCUT2D eigenvalue weighted by atomic mass is 19.4. The first-order chi connectivity index (χ1) is 9.36. The van der Waals surface area contributed by atoms with E-state index in [-0.39, 0.29) is 24.8 Å². The summed E-state index contributed by atoms with van der Waals surface area (Å²) in [6.45, 7) is 0.373. The molecular weight excluding hydrogens is 279 g/mol. The summed E-state index contributed by atoms with van der Waals surface area (Å²) in [4.78, 5) is 6.55. The summed E-state index contributed by atoms with van der Waals surface area (Å²) in [6.07, 6.45) is -5.08. The zero-order chi connectivity index (χ0) is 15.2. The van der Waals surface area contributed by atoms with Crippen LogP contribution in [0, 0.1) is 0 Å². The Morgan fingerprint density at radius 2 is 2.05 bits per heavy atom. The summed E-state index contributed by atoms with van der Waals surface area (Å²) in [7, 11) is 1.44. The van der Waals surface area contributed by atoms with E-state index in [1.54, 1.807) is 0 Å². The molecule has 0 spiro atoms. The number of hydrogen-bond acceptors (Lipinski definition) is 7.